The van der Waals surface area contributed by atoms with Gasteiger partial charge in [0.25, 0.3) is 11.8 Å². The second-order valence-electron chi connectivity index (χ2n) is 8.76. The van der Waals surface area contributed by atoms with Crippen molar-refractivity contribution in [3.05, 3.63) is 82.6 Å². The molecular weight excluding hydrogens is 448 g/mol. The highest BCUT2D eigenvalue weighted by Crippen LogP contribution is 2.34. The maximum atomic E-state index is 13.1. The van der Waals surface area contributed by atoms with Gasteiger partial charge in [-0.3, -0.25) is 24.3 Å². The number of aliphatic hydroxyl groups is 1. The first-order valence-electron chi connectivity index (χ1n) is 11.5. The Morgan fingerprint density at radius 3 is 2.17 bits per heavy atom. The number of aliphatic imine (C=N–C) groups is 1. The molecule has 0 unspecified atom stereocenters. The molecule has 0 aromatic heterocycles. The third-order valence-electron chi connectivity index (χ3n) is 6.38. The van der Waals surface area contributed by atoms with Crippen molar-refractivity contribution in [2.75, 3.05) is 6.54 Å². The Bertz CT molecular complexity index is 1210. The lowest BCUT2D eigenvalue weighted by Crippen LogP contribution is -2.31. The number of allylic oxidation sites excluding steroid dienone is 2. The Kier molecular flexibility index (Phi) is 6.91. The van der Waals surface area contributed by atoms with Crippen LogP contribution in [0.2, 0.25) is 0 Å². The number of carboxylic acids is 1. The highest BCUT2D eigenvalue weighted by atomic mass is 16.4. The predicted octanol–water partition coefficient (Wildman–Crippen LogP) is 3.94. The molecule has 180 valence electrons. The summed E-state index contributed by atoms with van der Waals surface area (Å²) in [7, 11) is 0. The average molecular weight is 475 g/mol. The third kappa shape index (κ3) is 4.91. The number of hydrogen-bond donors (Lipinski definition) is 2. The smallest absolute Gasteiger partial charge is 0.328 e. The van der Waals surface area contributed by atoms with Crippen molar-refractivity contribution in [2.24, 2.45) is 4.99 Å². The Hall–Kier alpha value is -4.07. The lowest BCUT2D eigenvalue weighted by atomic mass is 9.78. The van der Waals surface area contributed by atoms with E-state index in [1.54, 1.807) is 24.3 Å². The van der Waals surface area contributed by atoms with Gasteiger partial charge in [-0.15, -0.1) is 0 Å². The maximum absolute atomic E-state index is 13.1. The number of hydrogen-bond acceptors (Lipinski definition) is 6. The molecule has 1 aliphatic heterocycles. The summed E-state index contributed by atoms with van der Waals surface area (Å²) in [5, 5.41) is 20.2. The van der Waals surface area contributed by atoms with E-state index in [1.807, 2.05) is 30.3 Å². The normalized spacial score (nSPS) is 21.3. The molecule has 0 spiro atoms. The molecule has 8 nitrogen and oxygen atoms in total. The maximum Gasteiger partial charge on any atom is 0.328 e. The van der Waals surface area contributed by atoms with Gasteiger partial charge in [-0.25, -0.2) is 4.79 Å². The summed E-state index contributed by atoms with van der Waals surface area (Å²) in [4.78, 5) is 55.0. The van der Waals surface area contributed by atoms with Gasteiger partial charge in [0.2, 0.25) is 0 Å². The Labute approximate surface area is 202 Å². The van der Waals surface area contributed by atoms with Crippen molar-refractivity contribution in [1.82, 2.24) is 4.90 Å². The van der Waals surface area contributed by atoms with Gasteiger partial charge in [-0.2, -0.15) is 0 Å². The van der Waals surface area contributed by atoms with Crippen LogP contribution in [0.3, 0.4) is 0 Å². The van der Waals surface area contributed by atoms with Gasteiger partial charge in [-0.05, 0) is 43.4 Å². The molecule has 8 heteroatoms. The number of nitrogens with zero attached hydrogens (tertiary/aromatic N) is 2. The van der Waals surface area contributed by atoms with Crippen molar-refractivity contribution in [2.45, 2.75) is 44.6 Å². The number of benzene rings is 2. The molecule has 0 radical (unpaired) electrons. The van der Waals surface area contributed by atoms with Crippen LogP contribution in [-0.2, 0) is 9.59 Å². The molecule has 1 aliphatic carbocycles. The molecule has 1 fully saturated rings. The number of carbonyl (C=O) groups excluding carboxylic acids is 3. The first-order chi connectivity index (χ1) is 16.8. The number of aliphatic hydroxyl groups excluding tert-OH is 1. The van der Waals surface area contributed by atoms with Gasteiger partial charge in [0.15, 0.2) is 5.78 Å². The number of aliphatic carboxylic acids is 1. The van der Waals surface area contributed by atoms with Gasteiger partial charge in [0.1, 0.15) is 11.8 Å². The lowest BCUT2D eigenvalue weighted by Gasteiger charge is -2.26. The van der Waals surface area contributed by atoms with Gasteiger partial charge in [0, 0.05) is 19.4 Å². The minimum Gasteiger partial charge on any atom is -0.511 e. The summed E-state index contributed by atoms with van der Waals surface area (Å²) in [5.74, 6) is -2.56. The Balaban J connectivity index is 1.52. The number of Topliss-reactive ketones (excluding diaryl/α,β-unsaturated/α-hetero) is 1. The van der Waals surface area contributed by atoms with Crippen molar-refractivity contribution < 1.29 is 29.4 Å². The van der Waals surface area contributed by atoms with Crippen LogP contribution in [0, 0.1) is 0 Å². The van der Waals surface area contributed by atoms with E-state index in [2.05, 4.69) is 4.99 Å². The fraction of sp³-hybridized carbons (Fsp3) is 0.296. The van der Waals surface area contributed by atoms with E-state index in [0.29, 0.717) is 17.5 Å². The zero-order chi connectivity index (χ0) is 25.1. The fourth-order valence-corrected chi connectivity index (χ4v) is 4.56. The molecule has 4 rings (SSSR count). The van der Waals surface area contributed by atoms with Crippen LogP contribution in [0.1, 0.15) is 64.8 Å². The van der Waals surface area contributed by atoms with Crippen LogP contribution in [0.5, 0.6) is 0 Å². The topological polar surface area (TPSA) is 124 Å². The highest BCUT2D eigenvalue weighted by Gasteiger charge is 2.35. The molecular formula is C27H26N2O6. The summed E-state index contributed by atoms with van der Waals surface area (Å²) in [6.07, 6.45) is 0.788. The van der Waals surface area contributed by atoms with E-state index in [-0.39, 0.29) is 66.4 Å². The van der Waals surface area contributed by atoms with Gasteiger partial charge >= 0.3 is 5.97 Å². The minimum atomic E-state index is -1.13. The first-order valence-corrected chi connectivity index (χ1v) is 11.5. The molecule has 0 bridgehead atoms. The van der Waals surface area contributed by atoms with Crippen LogP contribution >= 0.6 is 0 Å². The second kappa shape index (κ2) is 10.0. The molecule has 2 aromatic rings. The van der Waals surface area contributed by atoms with Crippen LogP contribution < -0.4 is 0 Å². The molecule has 2 aromatic carbocycles. The molecule has 2 atom stereocenters. The lowest BCUT2D eigenvalue weighted by molar-refractivity contribution is -0.138. The summed E-state index contributed by atoms with van der Waals surface area (Å²) >= 11 is 0. The van der Waals surface area contributed by atoms with Crippen molar-refractivity contribution in [1.29, 1.82) is 0 Å². The number of carbonyl (C=O) groups is 4. The first kappa shape index (κ1) is 24.1. The Morgan fingerprint density at radius 1 is 0.971 bits per heavy atom. The van der Waals surface area contributed by atoms with E-state index < -0.39 is 12.0 Å². The molecule has 2 N–H and O–H groups in total. The van der Waals surface area contributed by atoms with E-state index in [9.17, 15) is 29.4 Å². The largest absolute Gasteiger partial charge is 0.511 e. The molecule has 2 aliphatic rings. The second-order valence-corrected chi connectivity index (χ2v) is 8.76. The number of carboxylic acid groups (broad SMARTS) is 1. The van der Waals surface area contributed by atoms with E-state index in [4.69, 9.17) is 0 Å². The van der Waals surface area contributed by atoms with Crippen LogP contribution in [0.15, 0.2) is 70.9 Å². The van der Waals surface area contributed by atoms with Gasteiger partial charge in [-0.1, -0.05) is 42.5 Å². The quantitative estimate of drug-likeness (QED) is 0.356. The third-order valence-corrected chi connectivity index (χ3v) is 6.38. The SMILES string of the molecule is C[C@H](N=C1C[C@H](c2ccccc2)CC(=O)C1=C(O)CCCN1C(=O)c2ccccc2C1=O)C(=O)O. The van der Waals surface area contributed by atoms with Gasteiger partial charge < -0.3 is 10.2 Å². The number of amides is 2. The summed E-state index contributed by atoms with van der Waals surface area (Å²) in [6.45, 7) is 1.51. The predicted molar refractivity (Wildman–Crippen MR) is 129 cm³/mol. The summed E-state index contributed by atoms with van der Waals surface area (Å²) in [5.41, 5.74) is 1.97. The molecule has 35 heavy (non-hydrogen) atoms. The van der Waals surface area contributed by atoms with Gasteiger partial charge in [0.05, 0.1) is 22.4 Å². The van der Waals surface area contributed by atoms with Crippen LogP contribution in [-0.4, -0.2) is 57.0 Å². The minimum absolute atomic E-state index is 0.0466. The molecule has 1 saturated carbocycles. The average Bonchev–Trinajstić information content (AvgIpc) is 3.09. The summed E-state index contributed by atoms with van der Waals surface area (Å²) < 4.78 is 0. The van der Waals surface area contributed by atoms with E-state index in [0.717, 1.165) is 10.5 Å². The number of imide groups is 1. The molecule has 2 amide bonds. The van der Waals surface area contributed by atoms with E-state index >= 15 is 0 Å². The number of ketones is 1. The van der Waals surface area contributed by atoms with Crippen molar-refractivity contribution in [3.8, 4) is 0 Å². The monoisotopic (exact) mass is 474 g/mol. The zero-order valence-corrected chi connectivity index (χ0v) is 19.3. The molecule has 1 heterocycles. The molecule has 0 saturated heterocycles. The number of fused-ring (bicyclic) bond motifs is 1. The van der Waals surface area contributed by atoms with Crippen molar-refractivity contribution >= 4 is 29.3 Å². The van der Waals surface area contributed by atoms with Crippen LogP contribution in [0.4, 0.5) is 0 Å². The zero-order valence-electron chi connectivity index (χ0n) is 19.3. The van der Waals surface area contributed by atoms with E-state index in [1.165, 1.54) is 6.92 Å². The van der Waals surface area contributed by atoms with Crippen molar-refractivity contribution in [3.63, 3.8) is 0 Å². The number of rotatable bonds is 7. The highest BCUT2D eigenvalue weighted by molar-refractivity contribution is 6.25. The standard InChI is InChI=1S/C27H26N2O6/c1-16(27(34)35)28-21-14-18(17-8-3-2-4-9-17)15-23(31)24(21)22(30)12-7-13-29-25(32)19-10-5-6-11-20(19)26(29)33/h2-6,8-11,16,18,30H,7,12-15H2,1H3,(H,34,35)/t16-,18-/m0/s1. The summed E-state index contributed by atoms with van der Waals surface area (Å²) in [6, 6.07) is 15.0. The Morgan fingerprint density at radius 2 is 1.57 bits per heavy atom. The fourth-order valence-electron chi connectivity index (χ4n) is 4.56. The van der Waals surface area contributed by atoms with Crippen LogP contribution in [0.25, 0.3) is 0 Å².